The zero-order valence-electron chi connectivity index (χ0n) is 14.3. The Kier molecular flexibility index (Phi) is 5.89. The van der Waals surface area contributed by atoms with Crippen molar-refractivity contribution in [3.63, 3.8) is 0 Å². The van der Waals surface area contributed by atoms with Crippen molar-refractivity contribution in [1.82, 2.24) is 19.7 Å². The number of aliphatic carboxylic acids is 1. The molecule has 3 heterocycles. The number of fused-ring (bicyclic) bond motifs is 1. The van der Waals surface area contributed by atoms with Gasteiger partial charge in [-0.05, 0) is 6.92 Å². The number of ether oxygens (including phenoxy) is 2. The molecular formula is C15H24N4O5. The highest BCUT2D eigenvalue weighted by molar-refractivity contribution is 5.78. The number of hydrogen-bond donors (Lipinski definition) is 1. The molecule has 134 valence electrons. The number of hydrogen-bond acceptors (Lipinski definition) is 7. The van der Waals surface area contributed by atoms with Crippen LogP contribution in [0, 0.1) is 18.3 Å². The molecule has 1 aromatic rings. The fourth-order valence-corrected chi connectivity index (χ4v) is 3.28. The van der Waals surface area contributed by atoms with Gasteiger partial charge in [0.05, 0.1) is 20.3 Å². The van der Waals surface area contributed by atoms with E-state index in [1.54, 1.807) is 6.33 Å². The van der Waals surface area contributed by atoms with Crippen LogP contribution in [-0.4, -0.2) is 76.7 Å². The maximum absolute atomic E-state index is 12.1. The molecule has 0 radical (unpaired) electrons. The fourth-order valence-electron chi connectivity index (χ4n) is 3.28. The Bertz CT molecular complexity index is 586. The van der Waals surface area contributed by atoms with Gasteiger partial charge in [0, 0.05) is 39.0 Å². The molecule has 0 spiro atoms. The van der Waals surface area contributed by atoms with Crippen molar-refractivity contribution in [3.8, 4) is 0 Å². The second-order valence-corrected chi connectivity index (χ2v) is 6.19. The molecule has 2 fully saturated rings. The van der Waals surface area contributed by atoms with Crippen LogP contribution in [0.2, 0.25) is 0 Å². The smallest absolute Gasteiger partial charge is 0.315 e. The minimum Gasteiger partial charge on any atom is -0.481 e. The van der Waals surface area contributed by atoms with E-state index in [2.05, 4.69) is 15.1 Å². The molecule has 0 aliphatic carbocycles. The Labute approximate surface area is 140 Å². The van der Waals surface area contributed by atoms with Crippen molar-refractivity contribution >= 4 is 11.9 Å². The zero-order chi connectivity index (χ0) is 17.7. The summed E-state index contributed by atoms with van der Waals surface area (Å²) in [6.07, 6.45) is 1.74. The first kappa shape index (κ1) is 18.3. The molecule has 2 atom stereocenters. The van der Waals surface area contributed by atoms with E-state index in [9.17, 15) is 4.79 Å². The number of carboxylic acids is 1. The Hall–Kier alpha value is -2.00. The van der Waals surface area contributed by atoms with Crippen molar-refractivity contribution in [2.75, 3.05) is 40.0 Å². The maximum Gasteiger partial charge on any atom is 0.315 e. The molecule has 2 saturated heterocycles. The predicted molar refractivity (Wildman–Crippen MR) is 83.3 cm³/mol. The van der Waals surface area contributed by atoms with E-state index >= 15 is 0 Å². The lowest BCUT2D eigenvalue weighted by Crippen LogP contribution is -2.40. The standard InChI is InChI=1S/C13H20N4O3.C2H4O2/c1-10-15-14-9-17(10)4-3-16-5-11-6-20-8-13(11,7-16)12(18)19-2;1-2(3)4/h9,11H,3-8H2,1-2H3;1H3,(H,3,4)/t11-,13-;/m0./s1. The lowest BCUT2D eigenvalue weighted by molar-refractivity contribution is -0.153. The first-order valence-electron chi connectivity index (χ1n) is 7.81. The van der Waals surface area contributed by atoms with Crippen LogP contribution >= 0.6 is 0 Å². The van der Waals surface area contributed by atoms with E-state index in [4.69, 9.17) is 19.4 Å². The molecule has 2 aliphatic rings. The Morgan fingerprint density at radius 1 is 1.50 bits per heavy atom. The predicted octanol–water partition coefficient (Wildman–Crippen LogP) is -0.201. The van der Waals surface area contributed by atoms with Crippen LogP contribution in [0.25, 0.3) is 0 Å². The monoisotopic (exact) mass is 340 g/mol. The summed E-state index contributed by atoms with van der Waals surface area (Å²) in [6.45, 7) is 7.47. The van der Waals surface area contributed by atoms with Crippen LogP contribution in [-0.2, 0) is 25.6 Å². The molecule has 9 nitrogen and oxygen atoms in total. The van der Waals surface area contributed by atoms with E-state index in [1.807, 2.05) is 11.5 Å². The molecule has 0 amide bonds. The number of esters is 1. The third kappa shape index (κ3) is 3.90. The van der Waals surface area contributed by atoms with Gasteiger partial charge in [0.25, 0.3) is 5.97 Å². The van der Waals surface area contributed by atoms with Crippen LogP contribution in [0.3, 0.4) is 0 Å². The first-order valence-corrected chi connectivity index (χ1v) is 7.81. The third-order valence-corrected chi connectivity index (χ3v) is 4.50. The van der Waals surface area contributed by atoms with Gasteiger partial charge < -0.3 is 19.1 Å². The summed E-state index contributed by atoms with van der Waals surface area (Å²) in [4.78, 5) is 23.4. The largest absolute Gasteiger partial charge is 0.481 e. The summed E-state index contributed by atoms with van der Waals surface area (Å²) in [7, 11) is 1.45. The van der Waals surface area contributed by atoms with Crippen molar-refractivity contribution < 1.29 is 24.2 Å². The number of carbonyl (C=O) groups excluding carboxylic acids is 1. The van der Waals surface area contributed by atoms with E-state index < -0.39 is 11.4 Å². The molecule has 0 unspecified atom stereocenters. The normalized spacial score (nSPS) is 25.7. The molecule has 0 aromatic carbocycles. The van der Waals surface area contributed by atoms with E-state index in [0.29, 0.717) is 19.8 Å². The first-order chi connectivity index (χ1) is 11.4. The molecule has 24 heavy (non-hydrogen) atoms. The van der Waals surface area contributed by atoms with E-state index in [0.717, 1.165) is 32.4 Å². The van der Waals surface area contributed by atoms with Crippen LogP contribution in [0.1, 0.15) is 12.7 Å². The van der Waals surface area contributed by atoms with Crippen LogP contribution in [0.5, 0.6) is 0 Å². The zero-order valence-corrected chi connectivity index (χ0v) is 14.3. The topological polar surface area (TPSA) is 107 Å². The molecule has 9 heteroatoms. The van der Waals surface area contributed by atoms with Crippen molar-refractivity contribution in [1.29, 1.82) is 0 Å². The molecule has 0 saturated carbocycles. The third-order valence-electron chi connectivity index (χ3n) is 4.50. The van der Waals surface area contributed by atoms with Crippen LogP contribution < -0.4 is 0 Å². The SMILES string of the molecule is CC(=O)O.COC(=O)[C@@]12COC[C@@H]1CN(CCn1cnnc1C)C2. The van der Waals surface area contributed by atoms with E-state index in [-0.39, 0.29) is 11.9 Å². The van der Waals surface area contributed by atoms with Gasteiger partial charge in [0.15, 0.2) is 0 Å². The number of rotatable bonds is 4. The van der Waals surface area contributed by atoms with Gasteiger partial charge in [-0.3, -0.25) is 14.5 Å². The molecule has 3 rings (SSSR count). The Morgan fingerprint density at radius 2 is 2.21 bits per heavy atom. The summed E-state index contributed by atoms with van der Waals surface area (Å²) in [6, 6.07) is 0. The average Bonchev–Trinajstić information content (AvgIpc) is 3.17. The molecular weight excluding hydrogens is 316 g/mol. The number of aryl methyl sites for hydroxylation is 1. The summed E-state index contributed by atoms with van der Waals surface area (Å²) >= 11 is 0. The molecule has 1 N–H and O–H groups in total. The van der Waals surface area contributed by atoms with Gasteiger partial charge in [-0.1, -0.05) is 0 Å². The van der Waals surface area contributed by atoms with Gasteiger partial charge in [-0.2, -0.15) is 0 Å². The number of aromatic nitrogens is 3. The van der Waals surface area contributed by atoms with Crippen LogP contribution in [0.15, 0.2) is 6.33 Å². The highest BCUT2D eigenvalue weighted by Crippen LogP contribution is 2.42. The van der Waals surface area contributed by atoms with Gasteiger partial charge in [0.1, 0.15) is 17.6 Å². The van der Waals surface area contributed by atoms with Crippen molar-refractivity contribution in [2.45, 2.75) is 20.4 Å². The average molecular weight is 340 g/mol. The summed E-state index contributed by atoms with van der Waals surface area (Å²) < 4.78 is 12.5. The highest BCUT2D eigenvalue weighted by atomic mass is 16.5. The number of carbonyl (C=O) groups is 2. The highest BCUT2D eigenvalue weighted by Gasteiger charge is 2.56. The van der Waals surface area contributed by atoms with Crippen molar-refractivity contribution in [2.24, 2.45) is 11.3 Å². The number of nitrogens with zero attached hydrogens (tertiary/aromatic N) is 4. The minimum absolute atomic E-state index is 0.136. The minimum atomic E-state index is -0.833. The number of methoxy groups -OCH3 is 1. The quantitative estimate of drug-likeness (QED) is 0.751. The Balaban J connectivity index is 0.000000471. The summed E-state index contributed by atoms with van der Waals surface area (Å²) in [5.41, 5.74) is -0.461. The number of likely N-dealkylation sites (tertiary alicyclic amines) is 1. The summed E-state index contributed by atoms with van der Waals surface area (Å²) in [5, 5.41) is 15.3. The lowest BCUT2D eigenvalue weighted by Gasteiger charge is -2.24. The lowest BCUT2D eigenvalue weighted by atomic mass is 9.81. The van der Waals surface area contributed by atoms with Crippen molar-refractivity contribution in [3.05, 3.63) is 12.2 Å². The van der Waals surface area contributed by atoms with Gasteiger partial charge in [-0.25, -0.2) is 0 Å². The van der Waals surface area contributed by atoms with Gasteiger partial charge in [-0.15, -0.1) is 10.2 Å². The summed E-state index contributed by atoms with van der Waals surface area (Å²) in [5.74, 6) is 0.190. The molecule has 1 aromatic heterocycles. The molecule has 2 aliphatic heterocycles. The second kappa shape index (κ2) is 7.71. The maximum atomic E-state index is 12.1. The molecule has 0 bridgehead atoms. The second-order valence-electron chi connectivity index (χ2n) is 6.19. The van der Waals surface area contributed by atoms with Gasteiger partial charge in [0.2, 0.25) is 0 Å². The van der Waals surface area contributed by atoms with Crippen LogP contribution in [0.4, 0.5) is 0 Å². The van der Waals surface area contributed by atoms with Gasteiger partial charge >= 0.3 is 5.97 Å². The fraction of sp³-hybridized carbons (Fsp3) is 0.733. The van der Waals surface area contributed by atoms with E-state index in [1.165, 1.54) is 7.11 Å². The Morgan fingerprint density at radius 3 is 2.79 bits per heavy atom. The number of carboxylic acid groups (broad SMARTS) is 1.